The first-order chi connectivity index (χ1) is 12.7. The van der Waals surface area contributed by atoms with Crippen LogP contribution in [-0.4, -0.2) is 15.7 Å². The maximum absolute atomic E-state index is 12.8. The maximum atomic E-state index is 12.8. The van der Waals surface area contributed by atoms with Crippen molar-refractivity contribution in [2.75, 3.05) is 0 Å². The van der Waals surface area contributed by atoms with Gasteiger partial charge in [0.15, 0.2) is 0 Å². The Bertz CT molecular complexity index is 790. The molecule has 3 aromatic rings. The SMILES string of the molecule is CCC(CC)C(NC(=O)c1ccc(Cn2cccn2)cc1)c1cccs1. The van der Waals surface area contributed by atoms with Crippen molar-refractivity contribution in [2.45, 2.75) is 39.3 Å². The summed E-state index contributed by atoms with van der Waals surface area (Å²) in [5.41, 5.74) is 1.82. The van der Waals surface area contributed by atoms with Gasteiger partial charge in [0.05, 0.1) is 12.6 Å². The van der Waals surface area contributed by atoms with E-state index in [0.29, 0.717) is 18.0 Å². The van der Waals surface area contributed by atoms with Crippen LogP contribution in [0.25, 0.3) is 0 Å². The van der Waals surface area contributed by atoms with Gasteiger partial charge in [-0.3, -0.25) is 9.48 Å². The molecule has 1 aromatic carbocycles. The number of rotatable bonds is 8. The van der Waals surface area contributed by atoms with Crippen LogP contribution in [0.2, 0.25) is 0 Å². The molecule has 1 N–H and O–H groups in total. The summed E-state index contributed by atoms with van der Waals surface area (Å²) in [4.78, 5) is 14.0. The van der Waals surface area contributed by atoms with Crippen LogP contribution >= 0.6 is 11.3 Å². The minimum atomic E-state index is -0.0130. The second-order valence-electron chi connectivity index (χ2n) is 6.44. The Labute approximate surface area is 158 Å². The molecule has 2 heterocycles. The zero-order valence-electron chi connectivity index (χ0n) is 15.3. The van der Waals surface area contributed by atoms with Gasteiger partial charge in [0.2, 0.25) is 0 Å². The Morgan fingerprint density at radius 3 is 2.50 bits per heavy atom. The second kappa shape index (κ2) is 8.81. The molecule has 5 heteroatoms. The molecule has 0 saturated heterocycles. The van der Waals surface area contributed by atoms with E-state index < -0.39 is 0 Å². The number of hydrogen-bond donors (Lipinski definition) is 1. The molecule has 1 unspecified atom stereocenters. The van der Waals surface area contributed by atoms with Crippen molar-refractivity contribution in [3.05, 3.63) is 76.2 Å². The number of carbonyl (C=O) groups is 1. The van der Waals surface area contributed by atoms with Gasteiger partial charge < -0.3 is 5.32 Å². The number of nitrogens with one attached hydrogen (secondary N) is 1. The van der Waals surface area contributed by atoms with Gasteiger partial charge in [-0.05, 0) is 41.1 Å². The fourth-order valence-electron chi connectivity index (χ4n) is 3.22. The van der Waals surface area contributed by atoms with Crippen molar-refractivity contribution in [3.8, 4) is 0 Å². The van der Waals surface area contributed by atoms with Crippen LogP contribution in [0, 0.1) is 5.92 Å². The van der Waals surface area contributed by atoms with Gasteiger partial charge in [0.1, 0.15) is 0 Å². The summed E-state index contributed by atoms with van der Waals surface area (Å²) >= 11 is 1.71. The number of amides is 1. The molecule has 0 aliphatic carbocycles. The highest BCUT2D eigenvalue weighted by Crippen LogP contribution is 2.30. The lowest BCUT2D eigenvalue weighted by Crippen LogP contribution is -2.32. The average Bonchev–Trinajstić information content (AvgIpc) is 3.36. The molecule has 136 valence electrons. The van der Waals surface area contributed by atoms with E-state index >= 15 is 0 Å². The summed E-state index contributed by atoms with van der Waals surface area (Å²) in [5, 5.41) is 9.54. The molecule has 0 fully saturated rings. The van der Waals surface area contributed by atoms with E-state index in [1.807, 2.05) is 47.3 Å². The summed E-state index contributed by atoms with van der Waals surface area (Å²) in [6, 6.07) is 13.9. The fraction of sp³-hybridized carbons (Fsp3) is 0.333. The summed E-state index contributed by atoms with van der Waals surface area (Å²) in [7, 11) is 0. The number of benzene rings is 1. The van der Waals surface area contributed by atoms with Crippen molar-refractivity contribution in [2.24, 2.45) is 5.92 Å². The standard InChI is InChI=1S/C21H25N3OS/c1-3-17(4-2)20(19-7-5-14-26-19)23-21(25)18-10-8-16(9-11-18)15-24-13-6-12-22-24/h5-14,17,20H,3-4,15H2,1-2H3,(H,23,25). The highest BCUT2D eigenvalue weighted by atomic mass is 32.1. The molecule has 3 rings (SSSR count). The Balaban J connectivity index is 1.71. The molecule has 2 aromatic heterocycles. The molecular weight excluding hydrogens is 342 g/mol. The first-order valence-corrected chi connectivity index (χ1v) is 9.99. The summed E-state index contributed by atoms with van der Waals surface area (Å²) < 4.78 is 1.87. The van der Waals surface area contributed by atoms with Gasteiger partial charge in [0, 0.05) is 22.8 Å². The van der Waals surface area contributed by atoms with E-state index in [4.69, 9.17) is 0 Å². The predicted octanol–water partition coefficient (Wildman–Crippen LogP) is 4.90. The van der Waals surface area contributed by atoms with Crippen LogP contribution in [0.4, 0.5) is 0 Å². The topological polar surface area (TPSA) is 46.9 Å². The summed E-state index contributed by atoms with van der Waals surface area (Å²) in [6.45, 7) is 5.08. The monoisotopic (exact) mass is 367 g/mol. The van der Waals surface area contributed by atoms with Gasteiger partial charge in [-0.15, -0.1) is 11.3 Å². The quantitative estimate of drug-likeness (QED) is 0.615. The van der Waals surface area contributed by atoms with Crippen molar-refractivity contribution in [1.29, 1.82) is 0 Å². The number of nitrogens with zero attached hydrogens (tertiary/aromatic N) is 2. The Kier molecular flexibility index (Phi) is 6.23. The molecule has 26 heavy (non-hydrogen) atoms. The molecule has 0 aliphatic rings. The zero-order chi connectivity index (χ0) is 18.4. The molecule has 1 amide bonds. The Morgan fingerprint density at radius 2 is 1.92 bits per heavy atom. The van der Waals surface area contributed by atoms with Crippen LogP contribution in [-0.2, 0) is 6.54 Å². The van der Waals surface area contributed by atoms with E-state index in [2.05, 4.69) is 35.7 Å². The first-order valence-electron chi connectivity index (χ1n) is 9.11. The van der Waals surface area contributed by atoms with Crippen molar-refractivity contribution < 1.29 is 4.79 Å². The number of aromatic nitrogens is 2. The summed E-state index contributed by atoms with van der Waals surface area (Å²) in [6.07, 6.45) is 5.79. The zero-order valence-corrected chi connectivity index (χ0v) is 16.1. The highest BCUT2D eigenvalue weighted by Gasteiger charge is 2.23. The van der Waals surface area contributed by atoms with Gasteiger partial charge >= 0.3 is 0 Å². The van der Waals surface area contributed by atoms with E-state index in [9.17, 15) is 4.79 Å². The number of carbonyl (C=O) groups excluding carboxylic acids is 1. The predicted molar refractivity (Wildman–Crippen MR) is 106 cm³/mol. The maximum Gasteiger partial charge on any atom is 0.251 e. The summed E-state index contributed by atoms with van der Waals surface area (Å²) in [5.74, 6) is 0.428. The highest BCUT2D eigenvalue weighted by molar-refractivity contribution is 7.10. The van der Waals surface area contributed by atoms with Crippen LogP contribution in [0.1, 0.15) is 53.5 Å². The molecule has 0 aliphatic heterocycles. The minimum Gasteiger partial charge on any atom is -0.344 e. The van der Waals surface area contributed by atoms with E-state index in [1.165, 1.54) is 4.88 Å². The third-order valence-electron chi connectivity index (χ3n) is 4.78. The lowest BCUT2D eigenvalue weighted by molar-refractivity contribution is 0.0920. The third-order valence-corrected chi connectivity index (χ3v) is 5.73. The van der Waals surface area contributed by atoms with Crippen LogP contribution in [0.3, 0.4) is 0 Å². The lowest BCUT2D eigenvalue weighted by Gasteiger charge is -2.25. The minimum absolute atomic E-state index is 0.0130. The van der Waals surface area contributed by atoms with E-state index in [1.54, 1.807) is 17.5 Å². The van der Waals surface area contributed by atoms with Gasteiger partial charge in [-0.2, -0.15) is 5.10 Å². The van der Waals surface area contributed by atoms with Gasteiger partial charge in [-0.1, -0.05) is 44.9 Å². The Hall–Kier alpha value is -2.40. The average molecular weight is 368 g/mol. The van der Waals surface area contributed by atoms with Gasteiger partial charge in [0.25, 0.3) is 5.91 Å². The van der Waals surface area contributed by atoms with Crippen molar-refractivity contribution in [3.63, 3.8) is 0 Å². The van der Waals surface area contributed by atoms with E-state index in [0.717, 1.165) is 18.4 Å². The lowest BCUT2D eigenvalue weighted by atomic mass is 9.92. The Morgan fingerprint density at radius 1 is 1.15 bits per heavy atom. The largest absolute Gasteiger partial charge is 0.344 e. The van der Waals surface area contributed by atoms with Crippen LogP contribution in [0.15, 0.2) is 60.2 Å². The molecule has 1 atom stereocenters. The van der Waals surface area contributed by atoms with E-state index in [-0.39, 0.29) is 11.9 Å². The van der Waals surface area contributed by atoms with Crippen LogP contribution in [0.5, 0.6) is 0 Å². The third kappa shape index (κ3) is 4.41. The number of hydrogen-bond acceptors (Lipinski definition) is 3. The van der Waals surface area contributed by atoms with Crippen molar-refractivity contribution in [1.82, 2.24) is 15.1 Å². The molecular formula is C21H25N3OS. The van der Waals surface area contributed by atoms with Crippen molar-refractivity contribution >= 4 is 17.2 Å². The first kappa shape index (κ1) is 18.4. The van der Waals surface area contributed by atoms with Crippen LogP contribution < -0.4 is 5.32 Å². The molecule has 4 nitrogen and oxygen atoms in total. The molecule has 0 radical (unpaired) electrons. The smallest absolute Gasteiger partial charge is 0.251 e. The fourth-order valence-corrected chi connectivity index (χ4v) is 4.09. The molecule has 0 spiro atoms. The number of thiophene rings is 1. The molecule has 0 bridgehead atoms. The molecule has 0 saturated carbocycles. The normalized spacial score (nSPS) is 12.3. The van der Waals surface area contributed by atoms with Gasteiger partial charge in [-0.25, -0.2) is 0 Å². The second-order valence-corrected chi connectivity index (χ2v) is 7.42.